The minimum Gasteiger partial charge on any atom is -0.456 e. The van der Waals surface area contributed by atoms with Gasteiger partial charge in [-0.3, -0.25) is 4.90 Å². The van der Waals surface area contributed by atoms with Crippen molar-refractivity contribution in [3.8, 4) is 29.3 Å². The Hall–Kier alpha value is -6.53. The first-order chi connectivity index (χ1) is 43.5. The van der Waals surface area contributed by atoms with E-state index in [4.69, 9.17) is 66.3 Å². The number of hydrogen-bond acceptors (Lipinski definition) is 22. The lowest BCUT2D eigenvalue weighted by Crippen LogP contribution is -2.33. The number of nitrogens with zero attached hydrogens (tertiary/aromatic N) is 14. The number of likely N-dealkylation sites (tertiary alicyclic amines) is 2. The van der Waals surface area contributed by atoms with E-state index in [2.05, 4.69) is 44.8 Å². The maximum atomic E-state index is 15.3. The van der Waals surface area contributed by atoms with Gasteiger partial charge in [-0.2, -0.15) is 20.2 Å². The van der Waals surface area contributed by atoms with Crippen LogP contribution in [0.1, 0.15) is 89.5 Å². The van der Waals surface area contributed by atoms with Gasteiger partial charge in [-0.25, -0.2) is 46.5 Å². The molecule has 6 saturated heterocycles. The molecule has 14 rings (SSSR count). The molecular weight excluding hydrogens is 1230 g/mol. The lowest BCUT2D eigenvalue weighted by molar-refractivity contribution is -0.0368. The molecule has 0 aliphatic carbocycles. The molecule has 8 aromatic rings. The van der Waals surface area contributed by atoms with Gasteiger partial charge in [0.05, 0.1) is 57.2 Å². The number of benzene rings is 2. The van der Waals surface area contributed by atoms with Gasteiger partial charge in [-0.15, -0.1) is 0 Å². The summed E-state index contributed by atoms with van der Waals surface area (Å²) in [6.07, 6.45) is 18.0. The van der Waals surface area contributed by atoms with Crippen LogP contribution in [0.4, 0.5) is 20.4 Å². The van der Waals surface area contributed by atoms with Gasteiger partial charge in [0.25, 0.3) is 0 Å². The molecule has 0 amide bonds. The number of piperidine rings is 2. The van der Waals surface area contributed by atoms with Crippen LogP contribution in [0, 0.1) is 11.6 Å². The molecule has 2 unspecified atom stereocenters. The van der Waals surface area contributed by atoms with Crippen molar-refractivity contribution in [1.82, 2.24) is 59.3 Å². The van der Waals surface area contributed by atoms with Gasteiger partial charge in [0.2, 0.25) is 26.8 Å². The van der Waals surface area contributed by atoms with Gasteiger partial charge in [-0.1, -0.05) is 23.2 Å². The topological polar surface area (TPSA) is 245 Å². The van der Waals surface area contributed by atoms with Crippen LogP contribution in [0.25, 0.3) is 43.6 Å². The van der Waals surface area contributed by atoms with Gasteiger partial charge in [-0.05, 0) is 103 Å². The molecule has 6 aromatic heterocycles. The number of pyridine rings is 2. The number of ether oxygens (including phenoxy) is 7. The molecule has 0 saturated carbocycles. The minimum atomic E-state index is -3.75. The zero-order valence-corrected chi connectivity index (χ0v) is 53.3. The van der Waals surface area contributed by atoms with E-state index in [1.54, 1.807) is 48.2 Å². The average molecular weight is 1300 g/mol. The fourth-order valence-electron chi connectivity index (χ4n) is 12.5. The molecule has 0 bridgehead atoms. The number of aromatic nitrogens is 10. The van der Waals surface area contributed by atoms with Crippen molar-refractivity contribution in [3.63, 3.8) is 0 Å². The third-order valence-corrected chi connectivity index (χ3v) is 18.7. The first kappa shape index (κ1) is 63.6. The maximum absolute atomic E-state index is 15.3. The number of fused-ring (bicyclic) bond motifs is 4. The number of halogens is 4. The molecule has 6 atom stereocenters. The molecule has 6 aliphatic rings. The molecule has 6 fully saturated rings. The highest BCUT2D eigenvalue weighted by atomic mass is 35.5. The maximum Gasteiger partial charge on any atom is 0.319 e. The highest BCUT2D eigenvalue weighted by Gasteiger charge is 2.35. The molecule has 24 nitrogen and oxygen atoms in total. The van der Waals surface area contributed by atoms with E-state index in [-0.39, 0.29) is 86.9 Å². The molecule has 1 N–H and O–H groups in total. The Morgan fingerprint density at radius 1 is 0.600 bits per heavy atom. The monoisotopic (exact) mass is 1300 g/mol. The Morgan fingerprint density at radius 3 is 1.53 bits per heavy atom. The molecule has 29 heteroatoms. The SMILES string of the molecule is CO[C@@H]1CN(C)C[C@H]1O.CO[C@@H]1CN(C)C[C@H]1Oc1nc(N2CCCCC2)c2ccnc(Oc3c(Cl)c(F)cc4c3cnn4C3CCCCO3)c2n1.CS(=O)(=O)c1nc(N2CCCCC2)c2ccnc(Oc3c(Cl)c(F)cc4c3cnn4C3CCCCO3)c2n1. The van der Waals surface area contributed by atoms with Gasteiger partial charge in [0, 0.05) is 111 Å². The average Bonchev–Trinajstić information content (AvgIpc) is 1.53. The summed E-state index contributed by atoms with van der Waals surface area (Å²) in [5.74, 6) is 0.246. The number of anilines is 2. The number of β-amino-alcohol motifs (C(OH)–C–C–N with tert-alkyl or cyclic N) is 1. The predicted octanol–water partition coefficient (Wildman–Crippen LogP) is 9.72. The molecule has 0 spiro atoms. The second-order valence-electron chi connectivity index (χ2n) is 23.7. The standard InChI is InChI=1S/C30H35ClFN7O4.C25H26ClFN6O4S.C6H13NO2/c1-37-16-22(40-2)23(17-37)42-30-35-26-18(28(36-30)38-11-5-3-6-12-38)9-10-33-29(26)43-27-19-15-34-39(24-8-4-7-13-41-24)21(19)14-20(32)25(27)31;1-38(34,35)25-30-21-15(23(31-25)32-10-4-2-5-11-32)8-9-28-24(21)37-22-16-14-29-33(19-7-3-6-12-36-19)18(16)13-17(27)20(22)26;1-7-3-5(8)6(4-7)9-2/h9-10,14-15,22-24H,3-8,11-13,16-17H2,1-2H3;8-9,13-14,19H,2-7,10-12H2,1H3;5-6,8H,3-4H2,1-2H3/t22-,23-,24?;;5-,6-/m1.1/s1. The van der Waals surface area contributed by atoms with Crippen LogP contribution in [0.2, 0.25) is 10.0 Å². The lowest BCUT2D eigenvalue weighted by Gasteiger charge is -2.29. The second kappa shape index (κ2) is 27.7. The number of rotatable bonds is 13. The van der Waals surface area contributed by atoms with Crippen LogP contribution in [-0.4, -0.2) is 197 Å². The quantitative estimate of drug-likeness (QED) is 0.106. The molecular formula is C61H74Cl2F2N14O10S. The summed E-state index contributed by atoms with van der Waals surface area (Å²) in [4.78, 5) is 35.8. The van der Waals surface area contributed by atoms with Crippen molar-refractivity contribution in [2.75, 3.05) is 110 Å². The third kappa shape index (κ3) is 13.5. The van der Waals surface area contributed by atoms with E-state index >= 15 is 8.78 Å². The lowest BCUT2D eigenvalue weighted by atomic mass is 10.1. The van der Waals surface area contributed by atoms with Crippen LogP contribution in [0.5, 0.6) is 29.3 Å². The highest BCUT2D eigenvalue weighted by molar-refractivity contribution is 7.90. The van der Waals surface area contributed by atoms with Crippen molar-refractivity contribution in [2.24, 2.45) is 0 Å². The minimum absolute atomic E-state index is 0.0106. The zero-order chi connectivity index (χ0) is 62.8. The van der Waals surface area contributed by atoms with Crippen LogP contribution < -0.4 is 24.0 Å². The summed E-state index contributed by atoms with van der Waals surface area (Å²) in [7, 11) is 3.57. The van der Waals surface area contributed by atoms with E-state index in [0.717, 1.165) is 134 Å². The fourth-order valence-corrected chi connectivity index (χ4v) is 13.4. The Morgan fingerprint density at radius 2 is 1.08 bits per heavy atom. The fraction of sp³-hybridized carbons (Fsp3) is 0.541. The van der Waals surface area contributed by atoms with Gasteiger partial charge >= 0.3 is 6.01 Å². The number of hydrogen-bond donors (Lipinski definition) is 1. The smallest absolute Gasteiger partial charge is 0.319 e. The molecule has 2 aromatic carbocycles. The summed E-state index contributed by atoms with van der Waals surface area (Å²) in [6, 6.07) is 6.49. The largest absolute Gasteiger partial charge is 0.456 e. The molecule has 482 valence electrons. The van der Waals surface area contributed by atoms with E-state index in [9.17, 15) is 13.5 Å². The Balaban J connectivity index is 0.000000154. The molecule has 90 heavy (non-hydrogen) atoms. The summed E-state index contributed by atoms with van der Waals surface area (Å²) >= 11 is 12.9. The summed E-state index contributed by atoms with van der Waals surface area (Å²) in [6.45, 7) is 7.48. The van der Waals surface area contributed by atoms with Crippen molar-refractivity contribution in [2.45, 2.75) is 119 Å². The van der Waals surface area contributed by atoms with Crippen LogP contribution in [-0.2, 0) is 28.8 Å². The Bertz CT molecular complexity index is 3980. The summed E-state index contributed by atoms with van der Waals surface area (Å²) in [5.41, 5.74) is 1.65. The van der Waals surface area contributed by atoms with Crippen molar-refractivity contribution < 1.29 is 55.5 Å². The Kier molecular flexibility index (Phi) is 19.6. The van der Waals surface area contributed by atoms with Crippen LogP contribution in [0.3, 0.4) is 0 Å². The van der Waals surface area contributed by atoms with E-state index < -0.39 is 21.5 Å². The number of sulfone groups is 1. The number of likely N-dealkylation sites (N-methyl/N-ethyl adjacent to an activating group) is 2. The van der Waals surface area contributed by atoms with Crippen LogP contribution in [0.15, 0.2) is 54.2 Å². The Labute approximate surface area is 529 Å². The number of aliphatic hydroxyl groups is 1. The summed E-state index contributed by atoms with van der Waals surface area (Å²) in [5, 5.41) is 19.8. The molecule has 6 aliphatic heterocycles. The van der Waals surface area contributed by atoms with Gasteiger partial charge < -0.3 is 53.0 Å². The van der Waals surface area contributed by atoms with Crippen molar-refractivity contribution in [3.05, 3.63) is 70.7 Å². The van der Waals surface area contributed by atoms with Crippen molar-refractivity contribution >= 4 is 88.3 Å². The first-order valence-electron chi connectivity index (χ1n) is 30.6. The second-order valence-corrected chi connectivity index (χ2v) is 26.3. The van der Waals surface area contributed by atoms with Crippen LogP contribution >= 0.6 is 23.2 Å². The van der Waals surface area contributed by atoms with Gasteiger partial charge in [0.15, 0.2) is 24.0 Å². The van der Waals surface area contributed by atoms with E-state index in [1.165, 1.54) is 24.8 Å². The molecule has 0 radical (unpaired) electrons. The molecule has 12 heterocycles. The van der Waals surface area contributed by atoms with E-state index in [1.807, 2.05) is 25.1 Å². The highest BCUT2D eigenvalue weighted by Crippen LogP contribution is 2.44. The van der Waals surface area contributed by atoms with Gasteiger partial charge in [0.1, 0.15) is 56.6 Å². The van der Waals surface area contributed by atoms with E-state index in [0.29, 0.717) is 58.3 Å². The number of aliphatic hydroxyl groups excluding tert-OH is 1. The number of methoxy groups -OCH3 is 2. The normalized spacial score (nSPS) is 22.9. The first-order valence-corrected chi connectivity index (χ1v) is 33.3. The summed E-state index contributed by atoms with van der Waals surface area (Å²) < 4.78 is 100. The predicted molar refractivity (Wildman–Crippen MR) is 334 cm³/mol. The third-order valence-electron chi connectivity index (χ3n) is 17.2. The zero-order valence-electron chi connectivity index (χ0n) is 50.9. The van der Waals surface area contributed by atoms with Crippen molar-refractivity contribution in [1.29, 1.82) is 0 Å².